The Bertz CT molecular complexity index is 498. The highest BCUT2D eigenvalue weighted by molar-refractivity contribution is 5.98. The predicted molar refractivity (Wildman–Crippen MR) is 76.4 cm³/mol. The van der Waals surface area contributed by atoms with Gasteiger partial charge in [-0.05, 0) is 18.4 Å². The van der Waals surface area contributed by atoms with Crippen LogP contribution in [0, 0.1) is 0 Å². The molecule has 108 valence electrons. The maximum absolute atomic E-state index is 11.5. The quantitative estimate of drug-likeness (QED) is 0.192. The molecule has 1 amide bonds. The molecule has 0 saturated heterocycles. The Morgan fingerprint density at radius 2 is 2.15 bits per heavy atom. The summed E-state index contributed by atoms with van der Waals surface area (Å²) in [5.41, 5.74) is 7.25. The van der Waals surface area contributed by atoms with Crippen LogP contribution in [0.4, 0.5) is 0 Å². The summed E-state index contributed by atoms with van der Waals surface area (Å²) in [5.74, 6) is 0.179. The number of nitrogens with two attached hydrogens (primary N) is 1. The molecule has 0 aromatic heterocycles. The first-order valence-corrected chi connectivity index (χ1v) is 6.76. The second-order valence-electron chi connectivity index (χ2n) is 4.91. The summed E-state index contributed by atoms with van der Waals surface area (Å²) >= 11 is 0. The van der Waals surface area contributed by atoms with Crippen molar-refractivity contribution in [1.29, 1.82) is 0 Å². The molecule has 0 bridgehead atoms. The topological polar surface area (TPSA) is 99.7 Å². The van der Waals surface area contributed by atoms with E-state index in [1.165, 1.54) is 0 Å². The van der Waals surface area contributed by atoms with Gasteiger partial charge >= 0.3 is 0 Å². The summed E-state index contributed by atoms with van der Waals surface area (Å²) in [7, 11) is 0. The van der Waals surface area contributed by atoms with Crippen molar-refractivity contribution in [1.82, 2.24) is 10.6 Å². The number of hydrogen-bond donors (Lipinski definition) is 4. The van der Waals surface area contributed by atoms with Gasteiger partial charge in [0, 0.05) is 31.1 Å². The summed E-state index contributed by atoms with van der Waals surface area (Å²) < 4.78 is 0. The molecule has 6 nitrogen and oxygen atoms in total. The minimum absolute atomic E-state index is 0.0877. The second kappa shape index (κ2) is 6.91. The fourth-order valence-corrected chi connectivity index (χ4v) is 1.93. The Morgan fingerprint density at radius 3 is 2.85 bits per heavy atom. The van der Waals surface area contributed by atoms with Gasteiger partial charge in [0.15, 0.2) is 5.84 Å². The molecule has 20 heavy (non-hydrogen) atoms. The average molecular weight is 276 g/mol. The van der Waals surface area contributed by atoms with Crippen molar-refractivity contribution in [3.8, 4) is 0 Å². The van der Waals surface area contributed by atoms with Crippen molar-refractivity contribution in [2.75, 3.05) is 6.54 Å². The second-order valence-corrected chi connectivity index (χ2v) is 4.91. The number of hydrogen-bond acceptors (Lipinski definition) is 4. The van der Waals surface area contributed by atoms with Crippen molar-refractivity contribution in [3.63, 3.8) is 0 Å². The monoisotopic (exact) mass is 276 g/mol. The summed E-state index contributed by atoms with van der Waals surface area (Å²) in [6.45, 7) is 1.17. The number of amides is 1. The van der Waals surface area contributed by atoms with Gasteiger partial charge in [0.05, 0.1) is 0 Å². The Balaban J connectivity index is 1.77. The van der Waals surface area contributed by atoms with Gasteiger partial charge < -0.3 is 21.6 Å². The number of rotatable bonds is 7. The molecule has 1 aliphatic carbocycles. The average Bonchev–Trinajstić information content (AvgIpc) is 3.27. The number of carbonyl (C=O) groups is 1. The first-order chi connectivity index (χ1) is 9.70. The molecule has 0 atom stereocenters. The van der Waals surface area contributed by atoms with Crippen molar-refractivity contribution < 1.29 is 10.0 Å². The van der Waals surface area contributed by atoms with Crippen LogP contribution < -0.4 is 16.4 Å². The molecule has 1 aromatic rings. The molecule has 1 aliphatic rings. The molecular weight excluding hydrogens is 256 g/mol. The number of oxime groups is 1. The van der Waals surface area contributed by atoms with Crippen LogP contribution in [-0.4, -0.2) is 29.5 Å². The number of carbonyl (C=O) groups excluding carboxylic acids is 1. The third-order valence-electron chi connectivity index (χ3n) is 3.19. The molecule has 0 heterocycles. The van der Waals surface area contributed by atoms with Gasteiger partial charge in [-0.2, -0.15) is 0 Å². The minimum atomic E-state index is 0.0877. The van der Waals surface area contributed by atoms with E-state index in [9.17, 15) is 4.79 Å². The Labute approximate surface area is 118 Å². The van der Waals surface area contributed by atoms with Crippen LogP contribution in [0.5, 0.6) is 0 Å². The Hall–Kier alpha value is -2.08. The summed E-state index contributed by atoms with van der Waals surface area (Å²) in [5, 5.41) is 17.9. The normalized spacial score (nSPS) is 15.1. The van der Waals surface area contributed by atoms with E-state index >= 15 is 0 Å². The van der Waals surface area contributed by atoms with Crippen molar-refractivity contribution in [2.45, 2.75) is 31.8 Å². The minimum Gasteiger partial charge on any atom is -0.409 e. The van der Waals surface area contributed by atoms with E-state index in [2.05, 4.69) is 15.8 Å². The molecule has 2 rings (SSSR count). The van der Waals surface area contributed by atoms with Crippen LogP contribution in [0.3, 0.4) is 0 Å². The smallest absolute Gasteiger partial charge is 0.221 e. The zero-order chi connectivity index (χ0) is 14.4. The third kappa shape index (κ3) is 4.24. The third-order valence-corrected chi connectivity index (χ3v) is 3.19. The standard InChI is InChI=1S/C14H20N4O2/c15-14(18-20)12-4-2-1-3-10(12)9-16-8-7-13(19)17-11-5-6-11/h1-4,11,16,20H,5-9H2,(H2,15,18)(H,17,19). The number of amidine groups is 1. The lowest BCUT2D eigenvalue weighted by molar-refractivity contribution is -0.121. The fraction of sp³-hybridized carbons (Fsp3) is 0.429. The van der Waals surface area contributed by atoms with Gasteiger partial charge in [-0.3, -0.25) is 4.79 Å². The molecule has 6 heteroatoms. The van der Waals surface area contributed by atoms with E-state index in [1.807, 2.05) is 18.2 Å². The van der Waals surface area contributed by atoms with Crippen LogP contribution in [0.15, 0.2) is 29.4 Å². The molecule has 0 aliphatic heterocycles. The highest BCUT2D eigenvalue weighted by atomic mass is 16.4. The van der Waals surface area contributed by atoms with Crippen LogP contribution in [0.1, 0.15) is 30.4 Å². The SMILES string of the molecule is NC(=NO)c1ccccc1CNCCC(=O)NC1CC1. The van der Waals surface area contributed by atoms with Crippen LogP contribution in [-0.2, 0) is 11.3 Å². The van der Waals surface area contributed by atoms with Crippen LogP contribution in [0.2, 0.25) is 0 Å². The largest absolute Gasteiger partial charge is 0.409 e. The van der Waals surface area contributed by atoms with Gasteiger partial charge in [0.25, 0.3) is 0 Å². The molecular formula is C14H20N4O2. The Kier molecular flexibility index (Phi) is 4.95. The van der Waals surface area contributed by atoms with Crippen molar-refractivity contribution in [2.24, 2.45) is 10.9 Å². The van der Waals surface area contributed by atoms with E-state index < -0.39 is 0 Å². The van der Waals surface area contributed by atoms with E-state index in [0.29, 0.717) is 31.1 Å². The van der Waals surface area contributed by atoms with E-state index in [0.717, 1.165) is 18.4 Å². The van der Waals surface area contributed by atoms with Crippen LogP contribution in [0.25, 0.3) is 0 Å². The lowest BCUT2D eigenvalue weighted by Crippen LogP contribution is -2.29. The molecule has 1 fully saturated rings. The Morgan fingerprint density at radius 1 is 1.40 bits per heavy atom. The van der Waals surface area contributed by atoms with E-state index in [1.54, 1.807) is 6.07 Å². The van der Waals surface area contributed by atoms with Crippen molar-refractivity contribution in [3.05, 3.63) is 35.4 Å². The van der Waals surface area contributed by atoms with Gasteiger partial charge in [0.1, 0.15) is 0 Å². The first kappa shape index (κ1) is 14.3. The highest BCUT2D eigenvalue weighted by Gasteiger charge is 2.22. The zero-order valence-electron chi connectivity index (χ0n) is 11.3. The maximum atomic E-state index is 11.5. The predicted octanol–water partition coefficient (Wildman–Crippen LogP) is 0.539. The molecule has 0 spiro atoms. The fourth-order valence-electron chi connectivity index (χ4n) is 1.93. The first-order valence-electron chi connectivity index (χ1n) is 6.76. The summed E-state index contributed by atoms with van der Waals surface area (Å²) in [6.07, 6.45) is 2.67. The number of nitrogens with one attached hydrogen (secondary N) is 2. The highest BCUT2D eigenvalue weighted by Crippen LogP contribution is 2.18. The molecule has 0 radical (unpaired) electrons. The maximum Gasteiger partial charge on any atom is 0.221 e. The van der Waals surface area contributed by atoms with E-state index in [4.69, 9.17) is 10.9 Å². The van der Waals surface area contributed by atoms with Crippen molar-refractivity contribution >= 4 is 11.7 Å². The van der Waals surface area contributed by atoms with Gasteiger partial charge in [-0.25, -0.2) is 0 Å². The molecule has 1 aromatic carbocycles. The summed E-state index contributed by atoms with van der Waals surface area (Å²) in [6, 6.07) is 7.84. The number of benzene rings is 1. The van der Waals surface area contributed by atoms with Crippen LogP contribution >= 0.6 is 0 Å². The lowest BCUT2D eigenvalue weighted by atomic mass is 10.1. The van der Waals surface area contributed by atoms with Gasteiger partial charge in [-0.1, -0.05) is 29.4 Å². The molecule has 1 saturated carbocycles. The molecule has 0 unspecified atom stereocenters. The molecule has 5 N–H and O–H groups in total. The zero-order valence-corrected chi connectivity index (χ0v) is 11.3. The van der Waals surface area contributed by atoms with Gasteiger partial charge in [0.2, 0.25) is 5.91 Å². The van der Waals surface area contributed by atoms with E-state index in [-0.39, 0.29) is 11.7 Å². The summed E-state index contributed by atoms with van der Waals surface area (Å²) in [4.78, 5) is 11.5. The number of nitrogens with zero attached hydrogens (tertiary/aromatic N) is 1. The van der Waals surface area contributed by atoms with Gasteiger partial charge in [-0.15, -0.1) is 0 Å². The lowest BCUT2D eigenvalue weighted by Gasteiger charge is -2.09.